The Labute approximate surface area is 192 Å². The second-order valence-electron chi connectivity index (χ2n) is 8.18. The zero-order chi connectivity index (χ0) is 23.9. The van der Waals surface area contributed by atoms with Gasteiger partial charge in [0, 0.05) is 23.2 Å². The Morgan fingerprint density at radius 3 is 2.52 bits per heavy atom. The van der Waals surface area contributed by atoms with E-state index in [0.717, 1.165) is 5.56 Å². The number of amides is 1. The van der Waals surface area contributed by atoms with E-state index in [9.17, 15) is 23.3 Å². The van der Waals surface area contributed by atoms with E-state index in [1.54, 1.807) is 32.0 Å². The van der Waals surface area contributed by atoms with Crippen molar-refractivity contribution in [3.63, 3.8) is 0 Å². The largest absolute Gasteiger partial charge is 0.321 e. The monoisotopic (exact) mass is 465 g/mol. The summed E-state index contributed by atoms with van der Waals surface area (Å²) in [7, 11) is -3.90. The molecule has 1 amide bonds. The van der Waals surface area contributed by atoms with E-state index in [-0.39, 0.29) is 22.2 Å². The van der Waals surface area contributed by atoms with Crippen LogP contribution in [0, 0.1) is 24.0 Å². The van der Waals surface area contributed by atoms with E-state index in [2.05, 4.69) is 5.32 Å². The quantitative estimate of drug-likeness (QED) is 0.437. The highest BCUT2D eigenvalue weighted by molar-refractivity contribution is 7.92. The average Bonchev–Trinajstić information content (AvgIpc) is 3.11. The summed E-state index contributed by atoms with van der Waals surface area (Å²) in [5.41, 5.74) is 3.09. The topological polar surface area (TPSA) is 110 Å². The normalized spacial score (nSPS) is 15.2. The summed E-state index contributed by atoms with van der Waals surface area (Å²) in [6, 6.07) is 15.9. The van der Waals surface area contributed by atoms with Gasteiger partial charge in [0.2, 0.25) is 0 Å². The number of hydrogen-bond acceptors (Lipinski definition) is 5. The molecule has 0 unspecified atom stereocenters. The standard InChI is InChI=1S/C24H23N3O5S/c1-15-11-16(2)23(27(29)30)14-21(15)25-24(28)19-8-6-9-20(13-19)33(31,32)26-17(3)12-18-7-4-5-10-22(18)26/h4-11,13-14,17H,12H2,1-3H3,(H,25,28)/t17-/m1/s1. The molecule has 0 saturated heterocycles. The van der Waals surface area contributed by atoms with Crippen molar-refractivity contribution in [2.75, 3.05) is 9.62 Å². The molecule has 0 radical (unpaired) electrons. The molecule has 170 valence electrons. The van der Waals surface area contributed by atoms with Gasteiger partial charge in [-0.3, -0.25) is 19.2 Å². The molecule has 4 rings (SSSR count). The third-order valence-corrected chi connectivity index (χ3v) is 7.71. The fourth-order valence-electron chi connectivity index (χ4n) is 4.18. The number of benzene rings is 3. The van der Waals surface area contributed by atoms with Gasteiger partial charge >= 0.3 is 0 Å². The number of sulfonamides is 1. The second kappa shape index (κ2) is 8.32. The Morgan fingerprint density at radius 1 is 1.06 bits per heavy atom. The van der Waals surface area contributed by atoms with Gasteiger partial charge in [0.05, 0.1) is 21.2 Å². The van der Waals surface area contributed by atoms with Crippen LogP contribution in [0.25, 0.3) is 0 Å². The smallest absolute Gasteiger partial charge is 0.274 e. The van der Waals surface area contributed by atoms with Crippen LogP contribution in [0.3, 0.4) is 0 Å². The van der Waals surface area contributed by atoms with Gasteiger partial charge in [0.25, 0.3) is 21.6 Å². The number of para-hydroxylation sites is 1. The summed E-state index contributed by atoms with van der Waals surface area (Å²) >= 11 is 0. The number of anilines is 2. The van der Waals surface area contributed by atoms with Gasteiger partial charge in [-0.05, 0) is 68.7 Å². The first-order chi connectivity index (χ1) is 15.6. The molecule has 0 saturated carbocycles. The zero-order valence-corrected chi connectivity index (χ0v) is 19.2. The predicted molar refractivity (Wildman–Crippen MR) is 126 cm³/mol. The molecule has 3 aromatic rings. The molecule has 0 aliphatic carbocycles. The first kappa shape index (κ1) is 22.5. The van der Waals surface area contributed by atoms with Crippen LogP contribution in [0.2, 0.25) is 0 Å². The highest BCUT2D eigenvalue weighted by Gasteiger charge is 2.36. The Hall–Kier alpha value is -3.72. The Bertz CT molecular complexity index is 1380. The van der Waals surface area contributed by atoms with Gasteiger partial charge in [0.15, 0.2) is 0 Å². The molecular weight excluding hydrogens is 442 g/mol. The van der Waals surface area contributed by atoms with Gasteiger partial charge < -0.3 is 5.32 Å². The molecule has 1 N–H and O–H groups in total. The predicted octanol–water partition coefficient (Wildman–Crippen LogP) is 4.60. The molecule has 0 aromatic heterocycles. The fourth-order valence-corrected chi connectivity index (χ4v) is 5.92. The molecule has 1 aliphatic rings. The third kappa shape index (κ3) is 4.07. The maximum atomic E-state index is 13.5. The van der Waals surface area contributed by atoms with Crippen LogP contribution in [0.4, 0.5) is 17.1 Å². The summed E-state index contributed by atoms with van der Waals surface area (Å²) in [5, 5.41) is 13.9. The molecule has 0 bridgehead atoms. The summed E-state index contributed by atoms with van der Waals surface area (Å²) in [4.78, 5) is 23.7. The molecule has 0 spiro atoms. The lowest BCUT2D eigenvalue weighted by Crippen LogP contribution is -2.35. The minimum atomic E-state index is -3.90. The number of carbonyl (C=O) groups is 1. The SMILES string of the molecule is Cc1cc(C)c([N+](=O)[O-])cc1NC(=O)c1cccc(S(=O)(=O)N2c3ccccc3C[C@H]2C)c1. The number of carbonyl (C=O) groups excluding carboxylic acids is 1. The minimum Gasteiger partial charge on any atom is -0.321 e. The van der Waals surface area contributed by atoms with E-state index in [4.69, 9.17) is 0 Å². The highest BCUT2D eigenvalue weighted by Crippen LogP contribution is 2.36. The maximum Gasteiger partial charge on any atom is 0.274 e. The number of nitrogens with zero attached hydrogens (tertiary/aromatic N) is 2. The van der Waals surface area contributed by atoms with E-state index in [0.29, 0.717) is 28.9 Å². The third-order valence-electron chi connectivity index (χ3n) is 5.79. The molecule has 8 nitrogen and oxygen atoms in total. The van der Waals surface area contributed by atoms with E-state index in [1.165, 1.54) is 34.6 Å². The zero-order valence-electron chi connectivity index (χ0n) is 18.4. The van der Waals surface area contributed by atoms with Crippen LogP contribution >= 0.6 is 0 Å². The van der Waals surface area contributed by atoms with Crippen LogP contribution < -0.4 is 9.62 Å². The Kier molecular flexibility index (Phi) is 5.67. The summed E-state index contributed by atoms with van der Waals surface area (Å²) in [6.45, 7) is 5.21. The maximum absolute atomic E-state index is 13.5. The van der Waals surface area contributed by atoms with Gasteiger partial charge in [-0.25, -0.2) is 8.42 Å². The number of hydrogen-bond donors (Lipinski definition) is 1. The van der Waals surface area contributed by atoms with Crippen molar-refractivity contribution in [1.29, 1.82) is 0 Å². The van der Waals surface area contributed by atoms with E-state index in [1.807, 2.05) is 19.1 Å². The van der Waals surface area contributed by atoms with Crippen molar-refractivity contribution < 1.29 is 18.1 Å². The van der Waals surface area contributed by atoms with E-state index < -0.39 is 20.9 Å². The first-order valence-electron chi connectivity index (χ1n) is 10.4. The van der Waals surface area contributed by atoms with Crippen molar-refractivity contribution in [2.45, 2.75) is 38.1 Å². The van der Waals surface area contributed by atoms with Crippen molar-refractivity contribution in [3.05, 3.63) is 93.0 Å². The van der Waals surface area contributed by atoms with Crippen molar-refractivity contribution in [2.24, 2.45) is 0 Å². The lowest BCUT2D eigenvalue weighted by atomic mass is 10.1. The van der Waals surface area contributed by atoms with Crippen LogP contribution in [0.15, 0.2) is 65.6 Å². The number of rotatable bonds is 5. The molecular formula is C24H23N3O5S. The molecule has 3 aromatic carbocycles. The fraction of sp³-hybridized carbons (Fsp3) is 0.208. The van der Waals surface area contributed by atoms with Crippen molar-refractivity contribution in [1.82, 2.24) is 0 Å². The molecule has 1 atom stereocenters. The van der Waals surface area contributed by atoms with Gasteiger partial charge in [0.1, 0.15) is 0 Å². The second-order valence-corrected chi connectivity index (χ2v) is 9.99. The van der Waals surface area contributed by atoms with Gasteiger partial charge in [-0.2, -0.15) is 0 Å². The van der Waals surface area contributed by atoms with Crippen LogP contribution in [-0.4, -0.2) is 25.3 Å². The van der Waals surface area contributed by atoms with Crippen LogP contribution in [0.5, 0.6) is 0 Å². The number of nitro groups is 1. The van der Waals surface area contributed by atoms with Crippen molar-refractivity contribution >= 4 is 33.0 Å². The number of nitro benzene ring substituents is 1. The van der Waals surface area contributed by atoms with Crippen molar-refractivity contribution in [3.8, 4) is 0 Å². The molecule has 0 fully saturated rings. The molecule has 1 aliphatic heterocycles. The number of aryl methyl sites for hydroxylation is 2. The summed E-state index contributed by atoms with van der Waals surface area (Å²) in [5.74, 6) is -0.553. The Balaban J connectivity index is 1.66. The lowest BCUT2D eigenvalue weighted by molar-refractivity contribution is -0.385. The van der Waals surface area contributed by atoms with Crippen LogP contribution in [-0.2, 0) is 16.4 Å². The molecule has 9 heteroatoms. The Morgan fingerprint density at radius 2 is 1.79 bits per heavy atom. The van der Waals surface area contributed by atoms with E-state index >= 15 is 0 Å². The van der Waals surface area contributed by atoms with Gasteiger partial charge in [-0.15, -0.1) is 0 Å². The first-order valence-corrected chi connectivity index (χ1v) is 11.8. The molecule has 1 heterocycles. The minimum absolute atomic E-state index is 0.00492. The molecule has 33 heavy (non-hydrogen) atoms. The lowest BCUT2D eigenvalue weighted by Gasteiger charge is -2.24. The van der Waals surface area contributed by atoms with Gasteiger partial charge in [-0.1, -0.05) is 24.3 Å². The number of nitrogens with one attached hydrogen (secondary N) is 1. The summed E-state index contributed by atoms with van der Waals surface area (Å²) in [6.07, 6.45) is 0.612. The average molecular weight is 466 g/mol. The van der Waals surface area contributed by atoms with Crippen LogP contribution in [0.1, 0.15) is 34.0 Å². The summed E-state index contributed by atoms with van der Waals surface area (Å²) < 4.78 is 28.3. The highest BCUT2D eigenvalue weighted by atomic mass is 32.2. The number of fused-ring (bicyclic) bond motifs is 1.